The van der Waals surface area contributed by atoms with Gasteiger partial charge in [0.2, 0.25) is 0 Å². The number of ether oxygens (including phenoxy) is 4. The molecule has 0 saturated heterocycles. The summed E-state index contributed by atoms with van der Waals surface area (Å²) < 4.78 is 21.6. The summed E-state index contributed by atoms with van der Waals surface area (Å²) in [5.74, 6) is 2.93. The molecule has 0 amide bonds. The second kappa shape index (κ2) is 10.5. The number of fused-ring (bicyclic) bond motifs is 1. The van der Waals surface area contributed by atoms with Crippen molar-refractivity contribution in [3.8, 4) is 23.0 Å². The number of unbranched alkanes of at least 4 members (excludes halogenated alkanes) is 1. The lowest BCUT2D eigenvalue weighted by molar-refractivity contribution is 0.158. The molecule has 6 heteroatoms. The Morgan fingerprint density at radius 2 is 1.67 bits per heavy atom. The van der Waals surface area contributed by atoms with Crippen LogP contribution in [0.25, 0.3) is 0 Å². The molecule has 0 bridgehead atoms. The number of benzene rings is 2. The summed E-state index contributed by atoms with van der Waals surface area (Å²) in [6.45, 7) is 0.957. The molecule has 1 heterocycles. The van der Waals surface area contributed by atoms with Gasteiger partial charge in [-0.15, -0.1) is 0 Å². The van der Waals surface area contributed by atoms with Gasteiger partial charge in [0.05, 0.1) is 34.5 Å². The van der Waals surface area contributed by atoms with Gasteiger partial charge in [-0.3, -0.25) is 0 Å². The first kappa shape index (κ1) is 22.2. The third-order valence-corrected chi connectivity index (χ3v) is 5.83. The Bertz CT molecular complexity index is 839. The summed E-state index contributed by atoms with van der Waals surface area (Å²) in [6.07, 6.45) is 4.07. The average molecular weight is 416 g/mol. The molecule has 2 unspecified atom stereocenters. The molecule has 3 rings (SSSR count). The monoisotopic (exact) mass is 415 g/mol. The Morgan fingerprint density at radius 1 is 0.933 bits per heavy atom. The van der Waals surface area contributed by atoms with Gasteiger partial charge in [-0.1, -0.05) is 12.8 Å². The third kappa shape index (κ3) is 4.99. The lowest BCUT2D eigenvalue weighted by Gasteiger charge is -2.28. The van der Waals surface area contributed by atoms with Crippen LogP contribution in [-0.2, 0) is 6.42 Å². The second-order valence-corrected chi connectivity index (χ2v) is 7.57. The molecule has 6 nitrogen and oxygen atoms in total. The van der Waals surface area contributed by atoms with E-state index in [-0.39, 0.29) is 0 Å². The largest absolute Gasteiger partial charge is 0.497 e. The molecule has 0 spiro atoms. The highest BCUT2D eigenvalue weighted by atomic mass is 16.5. The van der Waals surface area contributed by atoms with E-state index >= 15 is 0 Å². The third-order valence-electron chi connectivity index (χ3n) is 5.83. The molecule has 1 aliphatic rings. The maximum Gasteiger partial charge on any atom is 0.161 e. The number of hydrogen-bond acceptors (Lipinski definition) is 6. The minimum absolute atomic E-state index is 0.293. The van der Waals surface area contributed by atoms with Crippen molar-refractivity contribution in [1.82, 2.24) is 5.32 Å². The van der Waals surface area contributed by atoms with Crippen LogP contribution in [0, 0.1) is 0 Å². The topological polar surface area (TPSA) is 69.2 Å². The summed E-state index contributed by atoms with van der Waals surface area (Å²) in [5.41, 5.74) is 3.41. The molecule has 0 aliphatic carbocycles. The minimum Gasteiger partial charge on any atom is -0.497 e. The predicted octanol–water partition coefficient (Wildman–Crippen LogP) is 4.20. The van der Waals surface area contributed by atoms with E-state index in [1.165, 1.54) is 11.1 Å². The first-order chi connectivity index (χ1) is 14.6. The van der Waals surface area contributed by atoms with Gasteiger partial charge < -0.3 is 29.4 Å². The van der Waals surface area contributed by atoms with E-state index < -0.39 is 6.10 Å². The Balaban J connectivity index is 1.58. The number of rotatable bonds is 10. The predicted molar refractivity (Wildman–Crippen MR) is 117 cm³/mol. The lowest BCUT2D eigenvalue weighted by atomic mass is 9.90. The number of aliphatic hydroxyl groups is 1. The summed E-state index contributed by atoms with van der Waals surface area (Å²) >= 11 is 0. The summed E-state index contributed by atoms with van der Waals surface area (Å²) in [6, 6.07) is 10.0. The molecule has 30 heavy (non-hydrogen) atoms. The van der Waals surface area contributed by atoms with Crippen molar-refractivity contribution in [2.24, 2.45) is 0 Å². The van der Waals surface area contributed by atoms with Gasteiger partial charge in [-0.25, -0.2) is 0 Å². The smallest absolute Gasteiger partial charge is 0.161 e. The van der Waals surface area contributed by atoms with Crippen LogP contribution in [0.2, 0.25) is 0 Å². The van der Waals surface area contributed by atoms with Crippen molar-refractivity contribution < 1.29 is 24.1 Å². The van der Waals surface area contributed by atoms with Gasteiger partial charge in [0.1, 0.15) is 11.5 Å². The molecule has 2 atom stereocenters. The summed E-state index contributed by atoms with van der Waals surface area (Å²) in [4.78, 5) is 0. The van der Waals surface area contributed by atoms with Crippen LogP contribution < -0.4 is 24.3 Å². The SMILES string of the molecule is COc1ccc(C(O)CCCCC2NCCc3cc(OC)c(OC)cc32)c(OC)c1. The Morgan fingerprint density at radius 3 is 2.37 bits per heavy atom. The maximum absolute atomic E-state index is 10.6. The molecule has 2 aromatic rings. The Kier molecular flexibility index (Phi) is 7.82. The Hall–Kier alpha value is -2.44. The fourth-order valence-corrected chi connectivity index (χ4v) is 4.16. The molecule has 164 valence electrons. The van der Waals surface area contributed by atoms with E-state index in [2.05, 4.69) is 17.4 Å². The van der Waals surface area contributed by atoms with Gasteiger partial charge in [0.25, 0.3) is 0 Å². The molecule has 0 saturated carbocycles. The molecule has 2 N–H and O–H groups in total. The first-order valence-electron chi connectivity index (χ1n) is 10.5. The standard InChI is InChI=1S/C24H33NO5/c1-27-17-9-10-18(22(14-17)28-2)21(26)8-6-5-7-20-19-15-24(30-4)23(29-3)13-16(19)11-12-25-20/h9-10,13-15,20-21,25-26H,5-8,11-12H2,1-4H3. The molecular weight excluding hydrogens is 382 g/mol. The van der Waals surface area contributed by atoms with Crippen LogP contribution in [0.15, 0.2) is 30.3 Å². The zero-order chi connectivity index (χ0) is 21.5. The van der Waals surface area contributed by atoms with Crippen LogP contribution in [0.1, 0.15) is 54.5 Å². The van der Waals surface area contributed by atoms with Gasteiger partial charge in [-0.2, -0.15) is 0 Å². The van der Waals surface area contributed by atoms with Crippen LogP contribution in [0.4, 0.5) is 0 Å². The van der Waals surface area contributed by atoms with Gasteiger partial charge in [-0.05, 0) is 61.2 Å². The fraction of sp³-hybridized carbons (Fsp3) is 0.500. The van der Waals surface area contributed by atoms with Gasteiger partial charge in [0.15, 0.2) is 11.5 Å². The minimum atomic E-state index is -0.554. The van der Waals surface area contributed by atoms with E-state index in [0.29, 0.717) is 18.2 Å². The van der Waals surface area contributed by atoms with Crippen molar-refractivity contribution in [3.05, 3.63) is 47.0 Å². The van der Waals surface area contributed by atoms with Crippen molar-refractivity contribution in [2.45, 2.75) is 44.2 Å². The number of aliphatic hydroxyl groups excluding tert-OH is 1. The molecular formula is C24H33NO5. The maximum atomic E-state index is 10.6. The zero-order valence-electron chi connectivity index (χ0n) is 18.4. The molecule has 1 aliphatic heterocycles. The van der Waals surface area contributed by atoms with E-state index in [0.717, 1.165) is 55.0 Å². The molecule has 0 aromatic heterocycles. The van der Waals surface area contributed by atoms with Crippen LogP contribution in [0.3, 0.4) is 0 Å². The highest BCUT2D eigenvalue weighted by molar-refractivity contribution is 5.49. The summed E-state index contributed by atoms with van der Waals surface area (Å²) in [5, 5.41) is 14.3. The highest BCUT2D eigenvalue weighted by Gasteiger charge is 2.22. The van der Waals surface area contributed by atoms with Gasteiger partial charge >= 0.3 is 0 Å². The van der Waals surface area contributed by atoms with Crippen molar-refractivity contribution >= 4 is 0 Å². The fourth-order valence-electron chi connectivity index (χ4n) is 4.16. The zero-order valence-corrected chi connectivity index (χ0v) is 18.4. The first-order valence-corrected chi connectivity index (χ1v) is 10.5. The van der Waals surface area contributed by atoms with E-state index in [1.807, 2.05) is 18.2 Å². The molecule has 0 radical (unpaired) electrons. The quantitative estimate of drug-likeness (QED) is 0.567. The number of nitrogens with one attached hydrogen (secondary N) is 1. The molecule has 2 aromatic carbocycles. The summed E-state index contributed by atoms with van der Waals surface area (Å²) in [7, 11) is 6.57. The van der Waals surface area contributed by atoms with Crippen LogP contribution in [0.5, 0.6) is 23.0 Å². The van der Waals surface area contributed by atoms with Crippen LogP contribution in [-0.4, -0.2) is 40.1 Å². The molecule has 0 fully saturated rings. The second-order valence-electron chi connectivity index (χ2n) is 7.57. The van der Waals surface area contributed by atoms with Crippen molar-refractivity contribution in [2.75, 3.05) is 35.0 Å². The normalized spacial score (nSPS) is 16.5. The van der Waals surface area contributed by atoms with E-state index in [4.69, 9.17) is 18.9 Å². The van der Waals surface area contributed by atoms with E-state index in [1.54, 1.807) is 28.4 Å². The van der Waals surface area contributed by atoms with Gasteiger partial charge in [0, 0.05) is 17.7 Å². The van der Waals surface area contributed by atoms with Crippen molar-refractivity contribution in [1.29, 1.82) is 0 Å². The van der Waals surface area contributed by atoms with E-state index in [9.17, 15) is 5.11 Å². The average Bonchev–Trinajstić information content (AvgIpc) is 2.80. The number of methoxy groups -OCH3 is 4. The van der Waals surface area contributed by atoms with Crippen LogP contribution >= 0.6 is 0 Å². The van der Waals surface area contributed by atoms with Crippen molar-refractivity contribution in [3.63, 3.8) is 0 Å². The number of hydrogen-bond donors (Lipinski definition) is 2. The Labute approximate surface area is 179 Å². The highest BCUT2D eigenvalue weighted by Crippen LogP contribution is 2.37. The lowest BCUT2D eigenvalue weighted by Crippen LogP contribution is -2.29.